The van der Waals surface area contributed by atoms with Crippen molar-refractivity contribution in [1.29, 1.82) is 0 Å². The summed E-state index contributed by atoms with van der Waals surface area (Å²) >= 11 is 3.02. The van der Waals surface area contributed by atoms with Crippen LogP contribution in [0.3, 0.4) is 0 Å². The summed E-state index contributed by atoms with van der Waals surface area (Å²) in [5.41, 5.74) is 0.0272. The van der Waals surface area contributed by atoms with Crippen LogP contribution in [-0.4, -0.2) is 36.8 Å². The van der Waals surface area contributed by atoms with Crippen LogP contribution in [0.5, 0.6) is 0 Å². The summed E-state index contributed by atoms with van der Waals surface area (Å²) in [6, 6.07) is 1.76. The number of halogens is 3. The Morgan fingerprint density at radius 2 is 2.11 bits per heavy atom. The highest BCUT2D eigenvalue weighted by atomic mass is 79.9. The number of carbonyl (C=O) groups is 1. The Labute approximate surface area is 117 Å². The zero-order valence-electron chi connectivity index (χ0n) is 9.92. The number of rotatable bonds is 3. The van der Waals surface area contributed by atoms with Crippen LogP contribution in [0.1, 0.15) is 10.4 Å². The van der Waals surface area contributed by atoms with Crippen LogP contribution in [-0.2, 0) is 0 Å². The lowest BCUT2D eigenvalue weighted by molar-refractivity contribution is 0.0925. The van der Waals surface area contributed by atoms with Gasteiger partial charge in [-0.25, -0.2) is 8.78 Å². The van der Waals surface area contributed by atoms with Gasteiger partial charge in [-0.1, -0.05) is 0 Å². The number of benzene rings is 1. The standard InChI is InChI=1S/C12H13BrF2N2O2/c13-8-2-10(15)9(14)1-7(8)12(19)17-4-6-3-16-5-11(6)18/h1-2,6,11,16,18H,3-5H2,(H,17,19). The van der Waals surface area contributed by atoms with Crippen molar-refractivity contribution in [2.24, 2.45) is 5.92 Å². The fraction of sp³-hybridized carbons (Fsp3) is 0.417. The van der Waals surface area contributed by atoms with E-state index in [1.807, 2.05) is 0 Å². The van der Waals surface area contributed by atoms with Crippen molar-refractivity contribution in [3.05, 3.63) is 33.8 Å². The van der Waals surface area contributed by atoms with E-state index in [0.29, 0.717) is 13.1 Å². The van der Waals surface area contributed by atoms with E-state index in [-0.39, 0.29) is 22.5 Å². The van der Waals surface area contributed by atoms with Crippen molar-refractivity contribution in [2.45, 2.75) is 6.10 Å². The highest BCUT2D eigenvalue weighted by Gasteiger charge is 2.25. The quantitative estimate of drug-likeness (QED) is 0.724. The van der Waals surface area contributed by atoms with Crippen LogP contribution in [0.4, 0.5) is 8.78 Å². The van der Waals surface area contributed by atoms with Gasteiger partial charge in [0.25, 0.3) is 5.91 Å². The molecule has 2 rings (SSSR count). The smallest absolute Gasteiger partial charge is 0.252 e. The Morgan fingerprint density at radius 1 is 1.42 bits per heavy atom. The third kappa shape index (κ3) is 3.29. The lowest BCUT2D eigenvalue weighted by atomic mass is 10.1. The van der Waals surface area contributed by atoms with Gasteiger partial charge in [-0.2, -0.15) is 0 Å². The lowest BCUT2D eigenvalue weighted by Gasteiger charge is -2.14. The Morgan fingerprint density at radius 3 is 2.74 bits per heavy atom. The SMILES string of the molecule is O=C(NCC1CNCC1O)c1cc(F)c(F)cc1Br. The van der Waals surface area contributed by atoms with Crippen LogP contribution in [0.2, 0.25) is 0 Å². The molecule has 104 valence electrons. The van der Waals surface area contributed by atoms with Crippen molar-refractivity contribution >= 4 is 21.8 Å². The molecule has 4 nitrogen and oxygen atoms in total. The summed E-state index contributed by atoms with van der Waals surface area (Å²) < 4.78 is 26.2. The van der Waals surface area contributed by atoms with E-state index in [1.54, 1.807) is 0 Å². The second kappa shape index (κ2) is 5.94. The van der Waals surface area contributed by atoms with E-state index < -0.39 is 23.6 Å². The second-order valence-electron chi connectivity index (χ2n) is 4.44. The zero-order chi connectivity index (χ0) is 14.0. The van der Waals surface area contributed by atoms with Gasteiger partial charge in [0.2, 0.25) is 0 Å². The lowest BCUT2D eigenvalue weighted by Crippen LogP contribution is -2.34. The molecule has 1 saturated heterocycles. The number of β-amino-alcohol motifs (C(OH)–C–C–N with tert-alkyl or cyclic N) is 1. The molecule has 1 aliphatic heterocycles. The van der Waals surface area contributed by atoms with E-state index in [0.717, 1.165) is 12.1 Å². The first-order valence-electron chi connectivity index (χ1n) is 5.80. The van der Waals surface area contributed by atoms with Gasteiger partial charge < -0.3 is 15.7 Å². The molecule has 7 heteroatoms. The van der Waals surface area contributed by atoms with E-state index >= 15 is 0 Å². The number of aliphatic hydroxyl groups excluding tert-OH is 1. The molecule has 1 amide bonds. The minimum atomic E-state index is -1.07. The third-order valence-corrected chi connectivity index (χ3v) is 3.74. The fourth-order valence-corrected chi connectivity index (χ4v) is 2.44. The molecule has 0 bridgehead atoms. The van der Waals surface area contributed by atoms with Crippen molar-refractivity contribution in [1.82, 2.24) is 10.6 Å². The summed E-state index contributed by atoms with van der Waals surface area (Å²) in [6.45, 7) is 1.38. The van der Waals surface area contributed by atoms with Gasteiger partial charge in [0.05, 0.1) is 11.7 Å². The van der Waals surface area contributed by atoms with Crippen LogP contribution in [0, 0.1) is 17.6 Å². The molecule has 0 radical (unpaired) electrons. The number of amides is 1. The average Bonchev–Trinajstić information content (AvgIpc) is 2.76. The van der Waals surface area contributed by atoms with E-state index in [2.05, 4.69) is 26.6 Å². The maximum atomic E-state index is 13.1. The molecule has 0 spiro atoms. The zero-order valence-corrected chi connectivity index (χ0v) is 11.5. The summed E-state index contributed by atoms with van der Waals surface area (Å²) in [6.07, 6.45) is -0.506. The highest BCUT2D eigenvalue weighted by Crippen LogP contribution is 2.20. The predicted molar refractivity (Wildman–Crippen MR) is 68.8 cm³/mol. The fourth-order valence-electron chi connectivity index (χ4n) is 1.94. The monoisotopic (exact) mass is 334 g/mol. The van der Waals surface area contributed by atoms with Crippen LogP contribution >= 0.6 is 15.9 Å². The molecular weight excluding hydrogens is 322 g/mol. The molecule has 1 aliphatic rings. The maximum Gasteiger partial charge on any atom is 0.252 e. The first kappa shape index (κ1) is 14.4. The Kier molecular flexibility index (Phi) is 4.49. The Bertz CT molecular complexity index is 499. The van der Waals surface area contributed by atoms with Gasteiger partial charge in [-0.15, -0.1) is 0 Å². The van der Waals surface area contributed by atoms with Crippen LogP contribution < -0.4 is 10.6 Å². The van der Waals surface area contributed by atoms with Gasteiger partial charge in [0.15, 0.2) is 11.6 Å². The summed E-state index contributed by atoms with van der Waals surface area (Å²) in [5, 5.41) is 15.2. The van der Waals surface area contributed by atoms with Crippen molar-refractivity contribution in [3.8, 4) is 0 Å². The number of aliphatic hydroxyl groups is 1. The van der Waals surface area contributed by atoms with Crippen LogP contribution in [0.15, 0.2) is 16.6 Å². The van der Waals surface area contributed by atoms with Gasteiger partial charge in [0, 0.05) is 30.0 Å². The normalized spacial score (nSPS) is 22.5. The first-order chi connectivity index (χ1) is 8.99. The van der Waals surface area contributed by atoms with Gasteiger partial charge in [-0.3, -0.25) is 4.79 Å². The largest absolute Gasteiger partial charge is 0.391 e. The number of hydrogen-bond donors (Lipinski definition) is 3. The summed E-state index contributed by atoms with van der Waals surface area (Å²) in [7, 11) is 0. The Balaban J connectivity index is 2.02. The molecule has 2 atom stereocenters. The predicted octanol–water partition coefficient (Wildman–Crippen LogP) is 1.04. The van der Waals surface area contributed by atoms with E-state index in [9.17, 15) is 18.7 Å². The van der Waals surface area contributed by atoms with Crippen molar-refractivity contribution < 1.29 is 18.7 Å². The average molecular weight is 335 g/mol. The molecule has 1 aromatic rings. The molecule has 1 aromatic carbocycles. The second-order valence-corrected chi connectivity index (χ2v) is 5.30. The minimum absolute atomic E-state index is 0.0272. The summed E-state index contributed by atoms with van der Waals surface area (Å²) in [4.78, 5) is 11.9. The molecule has 0 saturated carbocycles. The number of carbonyl (C=O) groups excluding carboxylic acids is 1. The topological polar surface area (TPSA) is 61.4 Å². The molecule has 2 unspecified atom stereocenters. The van der Waals surface area contributed by atoms with E-state index in [1.165, 1.54) is 0 Å². The van der Waals surface area contributed by atoms with Gasteiger partial charge in [-0.05, 0) is 28.1 Å². The maximum absolute atomic E-state index is 13.1. The molecule has 1 fully saturated rings. The Hall–Kier alpha value is -1.05. The van der Waals surface area contributed by atoms with E-state index in [4.69, 9.17) is 0 Å². The third-order valence-electron chi connectivity index (χ3n) is 3.08. The van der Waals surface area contributed by atoms with Gasteiger partial charge >= 0.3 is 0 Å². The molecular formula is C12H13BrF2N2O2. The molecule has 0 aromatic heterocycles. The van der Waals surface area contributed by atoms with Gasteiger partial charge in [0.1, 0.15) is 0 Å². The van der Waals surface area contributed by atoms with Crippen molar-refractivity contribution in [2.75, 3.05) is 19.6 Å². The summed E-state index contributed by atoms with van der Waals surface area (Å²) in [5.74, 6) is -2.67. The molecule has 1 heterocycles. The first-order valence-corrected chi connectivity index (χ1v) is 6.60. The molecule has 0 aliphatic carbocycles. The highest BCUT2D eigenvalue weighted by molar-refractivity contribution is 9.10. The molecule has 3 N–H and O–H groups in total. The number of hydrogen-bond acceptors (Lipinski definition) is 3. The van der Waals surface area contributed by atoms with Crippen LogP contribution in [0.25, 0.3) is 0 Å². The number of nitrogens with one attached hydrogen (secondary N) is 2. The van der Waals surface area contributed by atoms with Crippen molar-refractivity contribution in [3.63, 3.8) is 0 Å². The molecule has 19 heavy (non-hydrogen) atoms. The minimum Gasteiger partial charge on any atom is -0.391 e.